The number of methoxy groups -OCH3 is 1. The van der Waals surface area contributed by atoms with E-state index in [4.69, 9.17) is 9.47 Å². The predicted octanol–water partition coefficient (Wildman–Crippen LogP) is 2.56. The van der Waals surface area contributed by atoms with Crippen LogP contribution in [-0.4, -0.2) is 26.8 Å². The van der Waals surface area contributed by atoms with Crippen molar-refractivity contribution in [3.05, 3.63) is 35.4 Å². The van der Waals surface area contributed by atoms with Crippen LogP contribution in [0.4, 0.5) is 0 Å². The number of rotatable bonds is 5. The smallest absolute Gasteiger partial charge is 0.161 e. The van der Waals surface area contributed by atoms with E-state index >= 15 is 0 Å². The van der Waals surface area contributed by atoms with Gasteiger partial charge in [-0.1, -0.05) is 19.1 Å². The molecule has 1 N–H and O–H groups in total. The molecular weight excluding hydrogens is 226 g/mol. The van der Waals surface area contributed by atoms with Crippen molar-refractivity contribution in [3.8, 4) is 11.5 Å². The van der Waals surface area contributed by atoms with Gasteiger partial charge in [0.25, 0.3) is 0 Å². The molecule has 0 atom stereocenters. The molecule has 1 aromatic carbocycles. The lowest BCUT2D eigenvalue weighted by Gasteiger charge is -2.16. The fourth-order valence-electron chi connectivity index (χ4n) is 2.02. The van der Waals surface area contributed by atoms with Crippen LogP contribution in [0.3, 0.4) is 0 Å². The molecule has 1 heterocycles. The molecule has 1 aliphatic rings. The van der Waals surface area contributed by atoms with Gasteiger partial charge in [-0.15, -0.1) is 0 Å². The normalized spacial score (nSPS) is 15.1. The monoisotopic (exact) mass is 247 g/mol. The van der Waals surface area contributed by atoms with E-state index in [1.165, 1.54) is 11.1 Å². The Kier molecular flexibility index (Phi) is 4.65. The van der Waals surface area contributed by atoms with Gasteiger partial charge in [-0.3, -0.25) is 0 Å². The third-order valence-electron chi connectivity index (χ3n) is 3.21. The van der Waals surface area contributed by atoms with Gasteiger partial charge >= 0.3 is 0 Å². The minimum Gasteiger partial charge on any atom is -0.493 e. The van der Waals surface area contributed by atoms with E-state index in [1.54, 1.807) is 7.11 Å². The molecule has 0 spiro atoms. The molecule has 0 aromatic heterocycles. The molecule has 1 aromatic rings. The van der Waals surface area contributed by atoms with E-state index in [1.807, 2.05) is 12.1 Å². The average Bonchev–Trinajstić information content (AvgIpc) is 2.46. The van der Waals surface area contributed by atoms with Crippen molar-refractivity contribution >= 4 is 0 Å². The number of hydrogen-bond acceptors (Lipinski definition) is 3. The highest BCUT2D eigenvalue weighted by Gasteiger charge is 2.08. The molecule has 3 heteroatoms. The summed E-state index contributed by atoms with van der Waals surface area (Å²) in [5.41, 5.74) is 2.62. The molecule has 3 nitrogen and oxygen atoms in total. The molecule has 98 valence electrons. The van der Waals surface area contributed by atoms with Crippen LogP contribution in [0.15, 0.2) is 29.8 Å². The summed E-state index contributed by atoms with van der Waals surface area (Å²) in [5.74, 6) is 1.65. The largest absolute Gasteiger partial charge is 0.493 e. The Labute approximate surface area is 109 Å². The van der Waals surface area contributed by atoms with Gasteiger partial charge in [-0.05, 0) is 42.7 Å². The molecule has 0 saturated heterocycles. The summed E-state index contributed by atoms with van der Waals surface area (Å²) in [5, 5.41) is 3.29. The third-order valence-corrected chi connectivity index (χ3v) is 3.21. The zero-order valence-corrected chi connectivity index (χ0v) is 11.2. The molecule has 0 unspecified atom stereocenters. The van der Waals surface area contributed by atoms with Crippen LogP contribution in [0.1, 0.15) is 18.9 Å². The van der Waals surface area contributed by atoms with Crippen LogP contribution >= 0.6 is 0 Å². The van der Waals surface area contributed by atoms with Crippen molar-refractivity contribution in [3.63, 3.8) is 0 Å². The van der Waals surface area contributed by atoms with Crippen molar-refractivity contribution in [2.45, 2.75) is 19.8 Å². The first-order valence-corrected chi connectivity index (χ1v) is 6.52. The Morgan fingerprint density at radius 1 is 1.28 bits per heavy atom. The van der Waals surface area contributed by atoms with Crippen molar-refractivity contribution in [1.29, 1.82) is 0 Å². The fourth-order valence-corrected chi connectivity index (χ4v) is 2.02. The standard InChI is InChI=1S/C15H21NO2/c1-3-12-4-5-14(15(10-12)17-2)18-11-13-6-8-16-9-7-13/h4-6,10,16H,3,7-9,11H2,1-2H3. The lowest BCUT2D eigenvalue weighted by atomic mass is 10.1. The first-order chi connectivity index (χ1) is 8.83. The maximum atomic E-state index is 5.85. The van der Waals surface area contributed by atoms with Gasteiger partial charge in [0.05, 0.1) is 7.11 Å². The lowest BCUT2D eigenvalue weighted by Crippen LogP contribution is -2.22. The van der Waals surface area contributed by atoms with Gasteiger partial charge in [0.15, 0.2) is 11.5 Å². The molecule has 0 fully saturated rings. The van der Waals surface area contributed by atoms with Crippen LogP contribution < -0.4 is 14.8 Å². The Bertz CT molecular complexity index is 427. The Hall–Kier alpha value is -1.48. The SMILES string of the molecule is CCc1ccc(OCC2=CCNCC2)c(OC)c1. The van der Waals surface area contributed by atoms with Gasteiger partial charge in [0, 0.05) is 6.54 Å². The molecule has 0 radical (unpaired) electrons. The van der Waals surface area contributed by atoms with E-state index in [9.17, 15) is 0 Å². The summed E-state index contributed by atoms with van der Waals surface area (Å²) in [6.45, 7) is 4.78. The highest BCUT2D eigenvalue weighted by Crippen LogP contribution is 2.28. The number of hydrogen-bond donors (Lipinski definition) is 1. The third kappa shape index (κ3) is 3.26. The maximum absolute atomic E-state index is 5.85. The van der Waals surface area contributed by atoms with Crippen molar-refractivity contribution in [1.82, 2.24) is 5.32 Å². The molecule has 0 saturated carbocycles. The van der Waals surface area contributed by atoms with Gasteiger partial charge < -0.3 is 14.8 Å². The van der Waals surface area contributed by atoms with Crippen molar-refractivity contribution in [2.24, 2.45) is 0 Å². The number of nitrogens with one attached hydrogen (secondary N) is 1. The van der Waals surface area contributed by atoms with Crippen LogP contribution in [0, 0.1) is 0 Å². The average molecular weight is 247 g/mol. The second kappa shape index (κ2) is 6.45. The molecule has 18 heavy (non-hydrogen) atoms. The number of ether oxygens (including phenoxy) is 2. The van der Waals surface area contributed by atoms with E-state index in [-0.39, 0.29) is 0 Å². The Balaban J connectivity index is 2.01. The number of aryl methyl sites for hydroxylation is 1. The van der Waals surface area contributed by atoms with Crippen LogP contribution in [0.2, 0.25) is 0 Å². The summed E-state index contributed by atoms with van der Waals surface area (Å²) in [6.07, 6.45) is 4.28. The van der Waals surface area contributed by atoms with Gasteiger partial charge in [0.2, 0.25) is 0 Å². The van der Waals surface area contributed by atoms with Crippen molar-refractivity contribution < 1.29 is 9.47 Å². The predicted molar refractivity (Wildman–Crippen MR) is 73.4 cm³/mol. The molecule has 0 bridgehead atoms. The minimum atomic E-state index is 0.656. The maximum Gasteiger partial charge on any atom is 0.161 e. The van der Waals surface area contributed by atoms with Crippen LogP contribution in [-0.2, 0) is 6.42 Å². The molecule has 2 rings (SSSR count). The molecule has 0 amide bonds. The molecular formula is C15H21NO2. The summed E-state index contributed by atoms with van der Waals surface area (Å²) in [6, 6.07) is 6.14. The number of benzene rings is 1. The highest BCUT2D eigenvalue weighted by atomic mass is 16.5. The van der Waals surface area contributed by atoms with E-state index in [2.05, 4.69) is 24.4 Å². The lowest BCUT2D eigenvalue weighted by molar-refractivity contribution is 0.314. The van der Waals surface area contributed by atoms with E-state index in [0.29, 0.717) is 6.61 Å². The van der Waals surface area contributed by atoms with E-state index < -0.39 is 0 Å². The summed E-state index contributed by atoms with van der Waals surface area (Å²) < 4.78 is 11.2. The quantitative estimate of drug-likeness (QED) is 0.811. The molecule has 0 aliphatic carbocycles. The zero-order chi connectivity index (χ0) is 12.8. The van der Waals surface area contributed by atoms with Gasteiger partial charge in [-0.25, -0.2) is 0 Å². The first-order valence-electron chi connectivity index (χ1n) is 6.52. The first kappa shape index (κ1) is 13.0. The van der Waals surface area contributed by atoms with Crippen molar-refractivity contribution in [2.75, 3.05) is 26.8 Å². The van der Waals surface area contributed by atoms with Crippen LogP contribution in [0.25, 0.3) is 0 Å². The van der Waals surface area contributed by atoms with Gasteiger partial charge in [0.1, 0.15) is 6.61 Å². The summed E-state index contributed by atoms with van der Waals surface area (Å²) >= 11 is 0. The van der Waals surface area contributed by atoms with Gasteiger partial charge in [-0.2, -0.15) is 0 Å². The summed E-state index contributed by atoms with van der Waals surface area (Å²) in [4.78, 5) is 0. The second-order valence-corrected chi connectivity index (χ2v) is 4.44. The second-order valence-electron chi connectivity index (χ2n) is 4.44. The Morgan fingerprint density at radius 3 is 2.83 bits per heavy atom. The van der Waals surface area contributed by atoms with E-state index in [0.717, 1.165) is 37.4 Å². The van der Waals surface area contributed by atoms with Crippen LogP contribution in [0.5, 0.6) is 11.5 Å². The Morgan fingerprint density at radius 2 is 2.17 bits per heavy atom. The minimum absolute atomic E-state index is 0.656. The topological polar surface area (TPSA) is 30.5 Å². The molecule has 1 aliphatic heterocycles. The summed E-state index contributed by atoms with van der Waals surface area (Å²) in [7, 11) is 1.69. The fraction of sp³-hybridized carbons (Fsp3) is 0.467. The highest BCUT2D eigenvalue weighted by molar-refractivity contribution is 5.43. The zero-order valence-electron chi connectivity index (χ0n) is 11.2.